The summed E-state index contributed by atoms with van der Waals surface area (Å²) in [6, 6.07) is 21.6. The van der Waals surface area contributed by atoms with Crippen LogP contribution in [0.3, 0.4) is 0 Å². The number of nitrogens with zero attached hydrogens (tertiary/aromatic N) is 3. The lowest BCUT2D eigenvalue weighted by Crippen LogP contribution is -2.30. The van der Waals surface area contributed by atoms with Crippen molar-refractivity contribution in [3.8, 4) is 11.5 Å². The molecule has 0 spiro atoms. The molecule has 2 N–H and O–H groups in total. The van der Waals surface area contributed by atoms with Crippen LogP contribution in [0.1, 0.15) is 47.2 Å². The third-order valence-electron chi connectivity index (χ3n) is 7.45. The maximum atomic E-state index is 12.7. The molecule has 3 aromatic carbocycles. The van der Waals surface area contributed by atoms with Crippen LogP contribution in [-0.2, 0) is 20.8 Å². The number of nitro groups is 1. The van der Waals surface area contributed by atoms with Gasteiger partial charge in [-0.1, -0.05) is 48.5 Å². The molecule has 1 aliphatic heterocycles. The van der Waals surface area contributed by atoms with E-state index in [4.69, 9.17) is 23.7 Å². The normalized spacial score (nSPS) is 17.6. The number of nitro benzene ring substituents is 1. The van der Waals surface area contributed by atoms with Crippen LogP contribution < -0.4 is 20.5 Å². The van der Waals surface area contributed by atoms with Crippen LogP contribution in [-0.4, -0.2) is 57.6 Å². The van der Waals surface area contributed by atoms with Crippen LogP contribution >= 0.6 is 0 Å². The van der Waals surface area contributed by atoms with E-state index >= 15 is 0 Å². The van der Waals surface area contributed by atoms with Gasteiger partial charge in [-0.15, -0.1) is 0 Å². The Morgan fingerprint density at radius 3 is 2.48 bits per heavy atom. The molecule has 15 nitrogen and oxygen atoms in total. The first-order valence-electron chi connectivity index (χ1n) is 14.8. The Kier molecular flexibility index (Phi) is 10.6. The Bertz CT molecular complexity index is 1820. The van der Waals surface area contributed by atoms with Gasteiger partial charge in [0.1, 0.15) is 37.5 Å². The van der Waals surface area contributed by atoms with Crippen molar-refractivity contribution in [2.75, 3.05) is 19.0 Å². The second-order valence-electron chi connectivity index (χ2n) is 10.7. The molecule has 250 valence electrons. The number of amides is 1. The van der Waals surface area contributed by atoms with Crippen LogP contribution in [0.2, 0.25) is 0 Å². The summed E-state index contributed by atoms with van der Waals surface area (Å²) >= 11 is 0. The maximum absolute atomic E-state index is 12.7. The zero-order chi connectivity index (χ0) is 34.2. The van der Waals surface area contributed by atoms with Crippen LogP contribution in [0.15, 0.2) is 89.9 Å². The van der Waals surface area contributed by atoms with Crippen molar-refractivity contribution in [3.63, 3.8) is 0 Å². The first-order chi connectivity index (χ1) is 23.1. The second kappa shape index (κ2) is 15.2. The minimum atomic E-state index is -1.17. The number of ether oxygens (including phenoxy) is 5. The number of hydrogen-bond acceptors (Lipinski definition) is 12. The summed E-state index contributed by atoms with van der Waals surface area (Å²) in [4.78, 5) is 52.8. The van der Waals surface area contributed by atoms with Gasteiger partial charge in [0.15, 0.2) is 11.5 Å². The number of benzene rings is 3. The molecular formula is C33H32N4O11. The van der Waals surface area contributed by atoms with Gasteiger partial charge in [0.25, 0.3) is 11.6 Å². The van der Waals surface area contributed by atoms with Gasteiger partial charge in [-0.3, -0.25) is 19.5 Å². The number of anilines is 1. The molecule has 5 rings (SSSR count). The zero-order valence-corrected chi connectivity index (χ0v) is 25.9. The van der Waals surface area contributed by atoms with Gasteiger partial charge in [0, 0.05) is 18.2 Å². The first-order valence-corrected chi connectivity index (χ1v) is 14.8. The van der Waals surface area contributed by atoms with Crippen LogP contribution in [0.25, 0.3) is 0 Å². The van der Waals surface area contributed by atoms with Crippen LogP contribution in [0, 0.1) is 10.1 Å². The number of rotatable bonds is 12. The van der Waals surface area contributed by atoms with Crippen molar-refractivity contribution in [1.82, 2.24) is 9.55 Å². The Balaban J connectivity index is 1.17. The predicted molar refractivity (Wildman–Crippen MR) is 169 cm³/mol. The Morgan fingerprint density at radius 1 is 1.10 bits per heavy atom. The number of carbonyl (C=O) groups excluding carboxylic acids is 2. The number of aromatic nitrogens is 2. The fourth-order valence-electron chi connectivity index (χ4n) is 4.96. The number of methoxy groups -OCH3 is 1. The van der Waals surface area contributed by atoms with Crippen molar-refractivity contribution in [1.29, 1.82) is 0 Å². The summed E-state index contributed by atoms with van der Waals surface area (Å²) in [5.74, 6) is -0.0768. The standard InChI is InChI=1S/C33H32N4O11/c1-20(23-15-26(44-2)27(16-24(23)37(42)43)45-18-21-9-5-3-6-10-21)47-33(41)46-19-28-25(38)17-30(48-28)36-14-13-29(35-32(36)40)34-31(39)22-11-7-4-8-12-22/h3-16,20,25,28,30,38H,17-19H2,1-2H3,(H,34,35,39,40)/t20-,25+,28-,30-/m1/s1. The summed E-state index contributed by atoms with van der Waals surface area (Å²) in [6.07, 6.45) is -4.01. The molecular weight excluding hydrogens is 628 g/mol. The van der Waals surface area contributed by atoms with Crippen molar-refractivity contribution >= 4 is 23.6 Å². The quantitative estimate of drug-likeness (QED) is 0.123. The van der Waals surface area contributed by atoms with E-state index in [2.05, 4.69) is 10.3 Å². The lowest BCUT2D eigenvalue weighted by Gasteiger charge is -2.19. The van der Waals surface area contributed by atoms with E-state index in [0.29, 0.717) is 5.56 Å². The number of aliphatic hydroxyl groups excluding tert-OH is 1. The largest absolute Gasteiger partial charge is 0.508 e. The Morgan fingerprint density at radius 2 is 1.81 bits per heavy atom. The number of carbonyl (C=O) groups is 2. The highest BCUT2D eigenvalue weighted by Crippen LogP contribution is 2.39. The average Bonchev–Trinajstić information content (AvgIpc) is 3.46. The molecule has 0 saturated carbocycles. The van der Waals surface area contributed by atoms with Gasteiger partial charge in [-0.25, -0.2) is 9.59 Å². The molecule has 15 heteroatoms. The molecule has 4 aromatic rings. The molecule has 0 unspecified atom stereocenters. The van der Waals surface area contributed by atoms with E-state index < -0.39 is 53.8 Å². The van der Waals surface area contributed by atoms with Crippen molar-refractivity contribution < 1.29 is 43.3 Å². The van der Waals surface area contributed by atoms with Gasteiger partial charge >= 0.3 is 11.8 Å². The molecule has 48 heavy (non-hydrogen) atoms. The number of nitrogens with one attached hydrogen (secondary N) is 1. The third kappa shape index (κ3) is 8.12. The first kappa shape index (κ1) is 33.6. The van der Waals surface area contributed by atoms with Gasteiger partial charge < -0.3 is 34.1 Å². The molecule has 2 heterocycles. The second-order valence-corrected chi connectivity index (χ2v) is 10.7. The van der Waals surface area contributed by atoms with E-state index in [-0.39, 0.29) is 41.6 Å². The predicted octanol–water partition coefficient (Wildman–Crippen LogP) is 4.55. The van der Waals surface area contributed by atoms with Gasteiger partial charge in [0.05, 0.1) is 29.8 Å². The molecule has 1 amide bonds. The maximum Gasteiger partial charge on any atom is 0.508 e. The molecule has 0 aliphatic carbocycles. The van der Waals surface area contributed by atoms with E-state index in [1.54, 1.807) is 30.3 Å². The summed E-state index contributed by atoms with van der Waals surface area (Å²) in [5.41, 5.74) is 0.178. The Labute approximate surface area is 273 Å². The number of hydrogen-bond donors (Lipinski definition) is 2. The van der Waals surface area contributed by atoms with Gasteiger partial charge in [-0.05, 0) is 36.8 Å². The summed E-state index contributed by atoms with van der Waals surface area (Å²) < 4.78 is 28.5. The highest BCUT2D eigenvalue weighted by molar-refractivity contribution is 6.03. The molecule has 1 aromatic heterocycles. The highest BCUT2D eigenvalue weighted by atomic mass is 16.7. The topological polar surface area (TPSA) is 191 Å². The van der Waals surface area contributed by atoms with E-state index in [9.17, 15) is 29.6 Å². The minimum Gasteiger partial charge on any atom is -0.493 e. The average molecular weight is 661 g/mol. The smallest absolute Gasteiger partial charge is 0.493 e. The molecule has 1 fully saturated rings. The van der Waals surface area contributed by atoms with Crippen molar-refractivity contribution in [2.45, 2.75) is 44.5 Å². The molecule has 1 saturated heterocycles. The van der Waals surface area contributed by atoms with Gasteiger partial charge in [0.2, 0.25) is 0 Å². The van der Waals surface area contributed by atoms with E-state index in [0.717, 1.165) is 10.1 Å². The summed E-state index contributed by atoms with van der Waals surface area (Å²) in [7, 11) is 1.38. The molecule has 4 atom stereocenters. The van der Waals surface area contributed by atoms with Crippen LogP contribution in [0.5, 0.6) is 11.5 Å². The van der Waals surface area contributed by atoms with Gasteiger partial charge in [-0.2, -0.15) is 4.98 Å². The van der Waals surface area contributed by atoms with Crippen molar-refractivity contribution in [3.05, 3.63) is 122 Å². The monoisotopic (exact) mass is 660 g/mol. The SMILES string of the molecule is COc1cc([C@@H](C)OC(=O)OC[C@H]2O[C@@H](n3ccc(NC(=O)c4ccccc4)nc3=O)C[C@@H]2O)c([N+](=O)[O-])cc1OCc1ccccc1. The molecule has 0 radical (unpaired) electrons. The zero-order valence-electron chi connectivity index (χ0n) is 25.9. The lowest BCUT2D eigenvalue weighted by atomic mass is 10.1. The van der Waals surface area contributed by atoms with E-state index in [1.807, 2.05) is 30.3 Å². The van der Waals surface area contributed by atoms with Crippen molar-refractivity contribution in [2.24, 2.45) is 0 Å². The minimum absolute atomic E-state index is 0.0124. The summed E-state index contributed by atoms with van der Waals surface area (Å²) in [6.45, 7) is 1.13. The third-order valence-corrected chi connectivity index (χ3v) is 7.45. The molecule has 0 bridgehead atoms. The fourth-order valence-corrected chi connectivity index (χ4v) is 4.96. The highest BCUT2D eigenvalue weighted by Gasteiger charge is 2.37. The Hall–Kier alpha value is -5.80. The van der Waals surface area contributed by atoms with Crippen LogP contribution in [0.4, 0.5) is 16.3 Å². The fraction of sp³-hybridized carbons (Fsp3) is 0.273. The number of aliphatic hydroxyl groups is 1. The van der Waals surface area contributed by atoms with E-state index in [1.165, 1.54) is 38.4 Å². The lowest BCUT2D eigenvalue weighted by molar-refractivity contribution is -0.386. The molecule has 1 aliphatic rings. The summed E-state index contributed by atoms with van der Waals surface area (Å²) in [5, 5.41) is 25.0.